The number of rotatable bonds is 6. The van der Waals surface area contributed by atoms with Crippen molar-refractivity contribution >= 4 is 17.5 Å². The van der Waals surface area contributed by atoms with Crippen LogP contribution in [0.4, 0.5) is 0 Å². The Kier molecular flexibility index (Phi) is 5.89. The minimum absolute atomic E-state index is 0.221. The molecule has 0 amide bonds. The van der Waals surface area contributed by atoms with Crippen molar-refractivity contribution in [3.05, 3.63) is 34.4 Å². The van der Waals surface area contributed by atoms with Gasteiger partial charge in [-0.15, -0.1) is 0 Å². The monoisotopic (exact) mass is 265 g/mol. The number of carbonyl (C=O) groups is 1. The minimum Gasteiger partial charge on any atom is -0.298 e. The molecule has 0 heterocycles. The lowest BCUT2D eigenvalue weighted by Crippen LogP contribution is -2.28. The van der Waals surface area contributed by atoms with Gasteiger partial charge in [0.2, 0.25) is 0 Å². The first-order valence-corrected chi connectivity index (χ1v) is 7.63. The van der Waals surface area contributed by atoms with Gasteiger partial charge in [0.15, 0.2) is 5.78 Å². The van der Waals surface area contributed by atoms with Crippen LogP contribution in [0.25, 0.3) is 0 Å². The summed E-state index contributed by atoms with van der Waals surface area (Å²) in [5.74, 6) is 1.29. The van der Waals surface area contributed by atoms with Gasteiger partial charge in [-0.2, -0.15) is 11.8 Å². The summed E-state index contributed by atoms with van der Waals surface area (Å²) in [5, 5.41) is 0. The molecule has 0 aliphatic heterocycles. The topological polar surface area (TPSA) is 20.3 Å². The molecular formula is C15H23NOS. The van der Waals surface area contributed by atoms with Gasteiger partial charge in [0, 0.05) is 17.9 Å². The maximum Gasteiger partial charge on any atom is 0.177 e. The lowest BCUT2D eigenvalue weighted by Gasteiger charge is -2.16. The number of hydrogen-bond acceptors (Lipinski definition) is 3. The largest absolute Gasteiger partial charge is 0.298 e. The van der Waals surface area contributed by atoms with Gasteiger partial charge in [-0.3, -0.25) is 9.69 Å². The highest BCUT2D eigenvalue weighted by Crippen LogP contribution is 2.16. The zero-order valence-electron chi connectivity index (χ0n) is 12.0. The van der Waals surface area contributed by atoms with Crippen LogP contribution >= 0.6 is 11.8 Å². The van der Waals surface area contributed by atoms with Gasteiger partial charge in [0.05, 0.1) is 6.54 Å². The van der Waals surface area contributed by atoms with E-state index in [0.29, 0.717) is 6.54 Å². The SMILES string of the molecule is CSCCN(C)CC(=O)c1cc(C)c(C)cc1C. The van der Waals surface area contributed by atoms with Crippen molar-refractivity contribution in [2.75, 3.05) is 32.1 Å². The summed E-state index contributed by atoms with van der Waals surface area (Å²) in [6.07, 6.45) is 2.09. The van der Waals surface area contributed by atoms with E-state index in [2.05, 4.69) is 31.1 Å². The van der Waals surface area contributed by atoms with Crippen molar-refractivity contribution in [2.45, 2.75) is 20.8 Å². The van der Waals surface area contributed by atoms with E-state index < -0.39 is 0 Å². The van der Waals surface area contributed by atoms with Crippen molar-refractivity contribution in [1.82, 2.24) is 4.90 Å². The summed E-state index contributed by atoms with van der Waals surface area (Å²) < 4.78 is 0. The number of benzene rings is 1. The van der Waals surface area contributed by atoms with Crippen LogP contribution in [0, 0.1) is 20.8 Å². The lowest BCUT2D eigenvalue weighted by atomic mass is 9.98. The van der Waals surface area contributed by atoms with Crippen LogP contribution < -0.4 is 0 Å². The minimum atomic E-state index is 0.221. The van der Waals surface area contributed by atoms with Crippen LogP contribution in [0.15, 0.2) is 12.1 Å². The van der Waals surface area contributed by atoms with Gasteiger partial charge in [-0.25, -0.2) is 0 Å². The third kappa shape index (κ3) is 4.14. The first-order chi connectivity index (χ1) is 8.45. The quantitative estimate of drug-likeness (QED) is 0.737. The third-order valence-corrected chi connectivity index (χ3v) is 3.82. The molecule has 1 aromatic carbocycles. The predicted molar refractivity (Wildman–Crippen MR) is 80.9 cm³/mol. The fourth-order valence-electron chi connectivity index (χ4n) is 1.92. The van der Waals surface area contributed by atoms with Gasteiger partial charge in [0.25, 0.3) is 0 Å². The van der Waals surface area contributed by atoms with E-state index in [1.165, 1.54) is 11.1 Å². The predicted octanol–water partition coefficient (Wildman–Crippen LogP) is 3.09. The molecule has 0 radical (unpaired) electrons. The number of likely N-dealkylation sites (N-methyl/N-ethyl adjacent to an activating group) is 1. The van der Waals surface area contributed by atoms with Crippen molar-refractivity contribution in [3.63, 3.8) is 0 Å². The summed E-state index contributed by atoms with van der Waals surface area (Å²) >= 11 is 1.81. The van der Waals surface area contributed by atoms with E-state index in [1.54, 1.807) is 0 Å². The molecule has 1 aromatic rings. The van der Waals surface area contributed by atoms with Crippen LogP contribution in [0.3, 0.4) is 0 Å². The van der Waals surface area contributed by atoms with Gasteiger partial charge >= 0.3 is 0 Å². The maximum absolute atomic E-state index is 12.3. The molecule has 0 atom stereocenters. The van der Waals surface area contributed by atoms with Crippen LogP contribution in [0.1, 0.15) is 27.0 Å². The molecular weight excluding hydrogens is 242 g/mol. The standard InChI is InChI=1S/C15H23NOS/c1-11-8-13(3)14(9-12(11)2)15(17)10-16(4)6-7-18-5/h8-9H,6-7,10H2,1-5H3. The highest BCUT2D eigenvalue weighted by Gasteiger charge is 2.12. The molecule has 0 spiro atoms. The number of ketones is 1. The van der Waals surface area contributed by atoms with Gasteiger partial charge < -0.3 is 0 Å². The Bertz CT molecular complexity index is 429. The number of carbonyl (C=O) groups excluding carboxylic acids is 1. The van der Waals surface area contributed by atoms with Crippen LogP contribution in [0.2, 0.25) is 0 Å². The Morgan fingerprint density at radius 1 is 1.17 bits per heavy atom. The number of aryl methyl sites for hydroxylation is 3. The highest BCUT2D eigenvalue weighted by molar-refractivity contribution is 7.98. The first kappa shape index (κ1) is 15.3. The molecule has 0 unspecified atom stereocenters. The number of nitrogens with zero attached hydrogens (tertiary/aromatic N) is 1. The summed E-state index contributed by atoms with van der Waals surface area (Å²) in [4.78, 5) is 14.3. The Balaban J connectivity index is 2.75. The molecule has 0 N–H and O–H groups in total. The second-order valence-electron chi connectivity index (χ2n) is 4.91. The average Bonchev–Trinajstić information content (AvgIpc) is 2.31. The molecule has 0 aliphatic rings. The Morgan fingerprint density at radius 3 is 2.39 bits per heavy atom. The van der Waals surface area contributed by atoms with Gasteiger partial charge in [-0.05, 0) is 56.8 Å². The van der Waals surface area contributed by atoms with E-state index in [4.69, 9.17) is 0 Å². The molecule has 1 rings (SSSR count). The third-order valence-electron chi connectivity index (χ3n) is 3.23. The Hall–Kier alpha value is -0.800. The van der Waals surface area contributed by atoms with E-state index >= 15 is 0 Å². The number of Topliss-reactive ketones (excluding diaryl/α,β-unsaturated/α-hetero) is 1. The summed E-state index contributed by atoms with van der Waals surface area (Å²) in [6, 6.07) is 4.12. The number of thioether (sulfide) groups is 1. The molecule has 100 valence electrons. The van der Waals surface area contributed by atoms with Gasteiger partial charge in [-0.1, -0.05) is 6.07 Å². The molecule has 0 bridgehead atoms. The fraction of sp³-hybridized carbons (Fsp3) is 0.533. The molecule has 0 saturated carbocycles. The second-order valence-corrected chi connectivity index (χ2v) is 5.89. The molecule has 0 fully saturated rings. The van der Waals surface area contributed by atoms with Crippen molar-refractivity contribution < 1.29 is 4.79 Å². The average molecular weight is 265 g/mol. The molecule has 2 nitrogen and oxygen atoms in total. The Labute approximate surface area is 115 Å². The molecule has 0 aliphatic carbocycles. The molecule has 3 heteroatoms. The van der Waals surface area contributed by atoms with Crippen LogP contribution in [-0.4, -0.2) is 42.8 Å². The first-order valence-electron chi connectivity index (χ1n) is 6.24. The smallest absolute Gasteiger partial charge is 0.177 e. The summed E-state index contributed by atoms with van der Waals surface area (Å²) in [6.45, 7) is 7.62. The van der Waals surface area contributed by atoms with Crippen molar-refractivity contribution in [1.29, 1.82) is 0 Å². The van der Waals surface area contributed by atoms with E-state index in [9.17, 15) is 4.79 Å². The zero-order valence-corrected chi connectivity index (χ0v) is 12.9. The maximum atomic E-state index is 12.3. The Morgan fingerprint density at radius 2 is 1.78 bits per heavy atom. The zero-order chi connectivity index (χ0) is 13.7. The second kappa shape index (κ2) is 6.95. The van der Waals surface area contributed by atoms with Gasteiger partial charge in [0.1, 0.15) is 0 Å². The van der Waals surface area contributed by atoms with Crippen molar-refractivity contribution in [3.8, 4) is 0 Å². The normalized spacial score (nSPS) is 11.0. The fourth-order valence-corrected chi connectivity index (χ4v) is 2.41. The van der Waals surface area contributed by atoms with Crippen molar-refractivity contribution in [2.24, 2.45) is 0 Å². The number of hydrogen-bond donors (Lipinski definition) is 0. The molecule has 0 saturated heterocycles. The molecule has 0 aromatic heterocycles. The van der Waals surface area contributed by atoms with E-state index in [1.807, 2.05) is 31.8 Å². The van der Waals surface area contributed by atoms with E-state index in [-0.39, 0.29) is 5.78 Å². The highest BCUT2D eigenvalue weighted by atomic mass is 32.2. The summed E-state index contributed by atoms with van der Waals surface area (Å²) in [5.41, 5.74) is 4.39. The lowest BCUT2D eigenvalue weighted by molar-refractivity contribution is 0.0949. The molecule has 18 heavy (non-hydrogen) atoms. The van der Waals surface area contributed by atoms with Crippen LogP contribution in [0.5, 0.6) is 0 Å². The van der Waals surface area contributed by atoms with Crippen LogP contribution in [-0.2, 0) is 0 Å². The summed E-state index contributed by atoms with van der Waals surface area (Å²) in [7, 11) is 2.00. The van der Waals surface area contributed by atoms with E-state index in [0.717, 1.165) is 23.4 Å².